The lowest BCUT2D eigenvalue weighted by Gasteiger charge is -2.37. The van der Waals surface area contributed by atoms with Crippen LogP contribution in [-0.2, 0) is 16.0 Å². The Hall–Kier alpha value is -2.83. The van der Waals surface area contributed by atoms with Crippen LogP contribution >= 0.6 is 0 Å². The van der Waals surface area contributed by atoms with Gasteiger partial charge < -0.3 is 20.1 Å². The Balaban J connectivity index is 1.68. The molecule has 3 unspecified atom stereocenters. The second kappa shape index (κ2) is 9.98. The van der Waals surface area contributed by atoms with Crippen LogP contribution in [0.1, 0.15) is 45.9 Å². The maximum atomic E-state index is 12.0. The van der Waals surface area contributed by atoms with Gasteiger partial charge in [-0.1, -0.05) is 25.5 Å². The summed E-state index contributed by atoms with van der Waals surface area (Å²) in [6, 6.07) is 5.86. The first kappa shape index (κ1) is 22.8. The van der Waals surface area contributed by atoms with Gasteiger partial charge in [-0.15, -0.1) is 0 Å². The number of nitrogens with zero attached hydrogens (tertiary/aromatic N) is 1. The van der Waals surface area contributed by atoms with E-state index in [-0.39, 0.29) is 24.7 Å². The Morgan fingerprint density at radius 3 is 2.77 bits per heavy atom. The highest BCUT2D eigenvalue weighted by atomic mass is 16.5. The van der Waals surface area contributed by atoms with Crippen molar-refractivity contribution in [2.45, 2.75) is 46.5 Å². The molecular formula is C24H33N3O4. The number of hydrogen-bond acceptors (Lipinski definition) is 4. The van der Waals surface area contributed by atoms with Crippen molar-refractivity contribution >= 4 is 22.9 Å². The van der Waals surface area contributed by atoms with E-state index in [1.54, 1.807) is 7.11 Å². The highest BCUT2D eigenvalue weighted by molar-refractivity contribution is 5.80. The second-order valence-electron chi connectivity index (χ2n) is 8.88. The summed E-state index contributed by atoms with van der Waals surface area (Å²) in [5.74, 6) is 2.21. The normalized spacial score (nSPS) is 21.2. The summed E-state index contributed by atoms with van der Waals surface area (Å²) in [6.07, 6.45) is 4.07. The SMILES string of the molecule is COc1ccc2nc(CC3CC(C(C)C)C(CNC(=O)CCC(=O)O)C=C3C)[nH]c2c1. The minimum atomic E-state index is -0.949. The van der Waals surface area contributed by atoms with Crippen LogP contribution in [0.3, 0.4) is 0 Å². The smallest absolute Gasteiger partial charge is 0.303 e. The standard InChI is InChI=1S/C24H33N3O4/c1-14(2)19-10-16(11-22-26-20-6-5-18(31-4)12-21(20)27-22)15(3)9-17(19)13-25-23(28)7-8-24(29)30/h5-6,9,12,14,16-17,19H,7-8,10-11,13H2,1-4H3,(H,25,28)(H,26,27)(H,29,30). The molecule has 3 atom stereocenters. The van der Waals surface area contributed by atoms with Gasteiger partial charge in [-0.2, -0.15) is 0 Å². The van der Waals surface area contributed by atoms with Crippen LogP contribution in [0.5, 0.6) is 5.75 Å². The Morgan fingerprint density at radius 2 is 2.10 bits per heavy atom. The van der Waals surface area contributed by atoms with Crippen LogP contribution in [0, 0.1) is 23.7 Å². The first-order valence-corrected chi connectivity index (χ1v) is 11.0. The van der Waals surface area contributed by atoms with Crippen molar-refractivity contribution in [3.63, 3.8) is 0 Å². The maximum absolute atomic E-state index is 12.0. The second-order valence-corrected chi connectivity index (χ2v) is 8.88. The number of carboxylic acids is 1. The van der Waals surface area contributed by atoms with Gasteiger partial charge in [0.1, 0.15) is 11.6 Å². The number of ether oxygens (including phenoxy) is 1. The summed E-state index contributed by atoms with van der Waals surface area (Å²) in [5.41, 5.74) is 3.24. The first-order chi connectivity index (χ1) is 14.8. The van der Waals surface area contributed by atoms with Crippen molar-refractivity contribution in [1.29, 1.82) is 0 Å². The number of imidazole rings is 1. The molecule has 1 aromatic heterocycles. The van der Waals surface area contributed by atoms with Gasteiger partial charge in [0.2, 0.25) is 5.91 Å². The predicted octanol–water partition coefficient (Wildman–Crippen LogP) is 3.95. The Labute approximate surface area is 183 Å². The molecule has 1 heterocycles. The van der Waals surface area contributed by atoms with Crippen molar-refractivity contribution < 1.29 is 19.4 Å². The van der Waals surface area contributed by atoms with E-state index in [9.17, 15) is 9.59 Å². The average Bonchev–Trinajstić information content (AvgIpc) is 3.13. The molecule has 1 aromatic carbocycles. The molecule has 1 aliphatic rings. The number of carbonyl (C=O) groups is 2. The zero-order chi connectivity index (χ0) is 22.5. The molecule has 1 amide bonds. The topological polar surface area (TPSA) is 104 Å². The molecule has 168 valence electrons. The molecule has 7 nitrogen and oxygen atoms in total. The quantitative estimate of drug-likeness (QED) is 0.526. The van der Waals surface area contributed by atoms with Crippen LogP contribution in [0.2, 0.25) is 0 Å². The number of nitrogens with one attached hydrogen (secondary N) is 2. The lowest BCUT2D eigenvalue weighted by molar-refractivity contribution is -0.138. The van der Waals surface area contributed by atoms with Crippen LogP contribution in [-0.4, -0.2) is 40.6 Å². The average molecular weight is 428 g/mol. The highest BCUT2D eigenvalue weighted by Gasteiger charge is 2.32. The third kappa shape index (κ3) is 5.87. The predicted molar refractivity (Wildman–Crippen MR) is 120 cm³/mol. The summed E-state index contributed by atoms with van der Waals surface area (Å²) in [7, 11) is 1.66. The number of carboxylic acid groups (broad SMARTS) is 1. The molecule has 0 saturated heterocycles. The fraction of sp³-hybridized carbons (Fsp3) is 0.542. The zero-order valence-electron chi connectivity index (χ0n) is 18.8. The molecule has 1 aliphatic carbocycles. The van der Waals surface area contributed by atoms with E-state index in [1.807, 2.05) is 18.2 Å². The van der Waals surface area contributed by atoms with Crippen molar-refractivity contribution in [3.8, 4) is 5.75 Å². The number of aliphatic carboxylic acids is 1. The van der Waals surface area contributed by atoms with Crippen LogP contribution < -0.4 is 10.1 Å². The fourth-order valence-electron chi connectivity index (χ4n) is 4.55. The van der Waals surface area contributed by atoms with E-state index >= 15 is 0 Å². The van der Waals surface area contributed by atoms with Crippen molar-refractivity contribution in [2.75, 3.05) is 13.7 Å². The number of aromatic nitrogens is 2. The largest absolute Gasteiger partial charge is 0.497 e. The number of allylic oxidation sites excluding steroid dienone is 1. The zero-order valence-corrected chi connectivity index (χ0v) is 18.8. The number of amides is 1. The van der Waals surface area contributed by atoms with Gasteiger partial charge in [0.25, 0.3) is 0 Å². The summed E-state index contributed by atoms with van der Waals surface area (Å²) in [6.45, 7) is 7.16. The summed E-state index contributed by atoms with van der Waals surface area (Å²) >= 11 is 0. The molecule has 0 bridgehead atoms. The molecule has 0 radical (unpaired) electrons. The molecule has 3 rings (SSSR count). The molecule has 0 saturated carbocycles. The minimum absolute atomic E-state index is 0.0244. The third-order valence-electron chi connectivity index (χ3n) is 6.36. The highest BCUT2D eigenvalue weighted by Crippen LogP contribution is 2.38. The monoisotopic (exact) mass is 427 g/mol. The number of hydrogen-bond donors (Lipinski definition) is 3. The van der Waals surface area contributed by atoms with Gasteiger partial charge in [0, 0.05) is 25.5 Å². The van der Waals surface area contributed by atoms with Gasteiger partial charge in [0.15, 0.2) is 0 Å². The molecule has 0 aliphatic heterocycles. The van der Waals surface area contributed by atoms with Gasteiger partial charge in [-0.3, -0.25) is 9.59 Å². The van der Waals surface area contributed by atoms with Crippen LogP contribution in [0.25, 0.3) is 11.0 Å². The number of H-pyrrole nitrogens is 1. The Morgan fingerprint density at radius 1 is 1.32 bits per heavy atom. The van der Waals surface area contributed by atoms with E-state index in [1.165, 1.54) is 5.57 Å². The van der Waals surface area contributed by atoms with E-state index in [0.29, 0.717) is 24.3 Å². The molecular weight excluding hydrogens is 394 g/mol. The number of carbonyl (C=O) groups excluding carboxylic acids is 1. The number of aromatic amines is 1. The van der Waals surface area contributed by atoms with Gasteiger partial charge in [-0.05, 0) is 49.1 Å². The molecule has 3 N–H and O–H groups in total. The van der Waals surface area contributed by atoms with E-state index in [0.717, 1.165) is 35.4 Å². The molecule has 0 spiro atoms. The number of methoxy groups -OCH3 is 1. The van der Waals surface area contributed by atoms with Crippen molar-refractivity contribution in [3.05, 3.63) is 35.7 Å². The lowest BCUT2D eigenvalue weighted by atomic mass is 9.70. The first-order valence-electron chi connectivity index (χ1n) is 11.0. The fourth-order valence-corrected chi connectivity index (χ4v) is 4.55. The summed E-state index contributed by atoms with van der Waals surface area (Å²) in [5, 5.41) is 11.7. The van der Waals surface area contributed by atoms with Crippen LogP contribution in [0.4, 0.5) is 0 Å². The van der Waals surface area contributed by atoms with E-state index in [4.69, 9.17) is 14.8 Å². The Kier molecular flexibility index (Phi) is 7.36. The van der Waals surface area contributed by atoms with E-state index in [2.05, 4.69) is 37.1 Å². The Bertz CT molecular complexity index is 963. The molecule has 0 fully saturated rings. The number of benzene rings is 1. The summed E-state index contributed by atoms with van der Waals surface area (Å²) in [4.78, 5) is 30.8. The van der Waals surface area contributed by atoms with Gasteiger partial charge in [0.05, 0.1) is 24.6 Å². The maximum Gasteiger partial charge on any atom is 0.303 e. The minimum Gasteiger partial charge on any atom is -0.497 e. The van der Waals surface area contributed by atoms with Gasteiger partial charge in [-0.25, -0.2) is 4.98 Å². The third-order valence-corrected chi connectivity index (χ3v) is 6.36. The molecule has 2 aromatic rings. The number of rotatable bonds is 9. The van der Waals surface area contributed by atoms with Crippen molar-refractivity contribution in [1.82, 2.24) is 15.3 Å². The molecule has 7 heteroatoms. The lowest BCUT2D eigenvalue weighted by Crippen LogP contribution is -2.37. The van der Waals surface area contributed by atoms with Gasteiger partial charge >= 0.3 is 5.97 Å². The van der Waals surface area contributed by atoms with Crippen molar-refractivity contribution in [2.24, 2.45) is 23.7 Å². The summed E-state index contributed by atoms with van der Waals surface area (Å²) < 4.78 is 5.30. The van der Waals surface area contributed by atoms with E-state index < -0.39 is 5.97 Å². The molecule has 31 heavy (non-hydrogen) atoms. The number of fused-ring (bicyclic) bond motifs is 1. The van der Waals surface area contributed by atoms with Crippen LogP contribution in [0.15, 0.2) is 29.8 Å².